The molecule has 19 heavy (non-hydrogen) atoms. The molecule has 6 nitrogen and oxygen atoms in total. The highest BCUT2D eigenvalue weighted by atomic mass is 16.5. The topological polar surface area (TPSA) is 87.7 Å². The first-order valence-electron chi connectivity index (χ1n) is 6.79. The van der Waals surface area contributed by atoms with Crippen LogP contribution in [0.25, 0.3) is 0 Å². The molecule has 1 fully saturated rings. The van der Waals surface area contributed by atoms with Gasteiger partial charge in [0.15, 0.2) is 0 Å². The van der Waals surface area contributed by atoms with Crippen molar-refractivity contribution < 1.29 is 19.4 Å². The van der Waals surface area contributed by atoms with Crippen LogP contribution in [-0.4, -0.2) is 41.4 Å². The second-order valence-electron chi connectivity index (χ2n) is 5.57. The predicted octanol–water partition coefficient (Wildman–Crippen LogP) is 1.50. The molecule has 0 aromatic heterocycles. The highest BCUT2D eigenvalue weighted by Gasteiger charge is 2.31. The Labute approximate surface area is 113 Å². The first kappa shape index (κ1) is 15.8. The zero-order valence-electron chi connectivity index (χ0n) is 11.9. The van der Waals surface area contributed by atoms with E-state index < -0.39 is 18.0 Å². The standard InChI is InChI=1S/C13H24N2O4/c1-4-5-10(11(16)17)15-12(18)14-8-9-6-7-13(2,3)19-9/h9-10H,4-8H2,1-3H3,(H,16,17)(H2,14,15,18). The number of hydrogen-bond acceptors (Lipinski definition) is 3. The van der Waals surface area contributed by atoms with Crippen molar-refractivity contribution in [2.24, 2.45) is 0 Å². The molecule has 1 aliphatic rings. The quantitative estimate of drug-likeness (QED) is 0.683. The van der Waals surface area contributed by atoms with Crippen molar-refractivity contribution in [1.29, 1.82) is 0 Å². The van der Waals surface area contributed by atoms with E-state index in [4.69, 9.17) is 9.84 Å². The van der Waals surface area contributed by atoms with E-state index in [1.165, 1.54) is 0 Å². The van der Waals surface area contributed by atoms with E-state index in [2.05, 4.69) is 10.6 Å². The molecule has 0 spiro atoms. The first-order valence-corrected chi connectivity index (χ1v) is 6.79. The van der Waals surface area contributed by atoms with E-state index >= 15 is 0 Å². The van der Waals surface area contributed by atoms with Crippen LogP contribution < -0.4 is 10.6 Å². The van der Waals surface area contributed by atoms with E-state index in [0.29, 0.717) is 19.4 Å². The number of rotatable bonds is 6. The van der Waals surface area contributed by atoms with Crippen LogP contribution in [0.15, 0.2) is 0 Å². The van der Waals surface area contributed by atoms with Crippen LogP contribution in [0.2, 0.25) is 0 Å². The third-order valence-corrected chi connectivity index (χ3v) is 3.23. The molecule has 110 valence electrons. The van der Waals surface area contributed by atoms with Crippen molar-refractivity contribution in [3.8, 4) is 0 Å². The van der Waals surface area contributed by atoms with Crippen molar-refractivity contribution >= 4 is 12.0 Å². The molecular formula is C13H24N2O4. The van der Waals surface area contributed by atoms with Crippen molar-refractivity contribution in [3.63, 3.8) is 0 Å². The lowest BCUT2D eigenvalue weighted by Gasteiger charge is -2.20. The number of carbonyl (C=O) groups is 2. The number of urea groups is 1. The largest absolute Gasteiger partial charge is 0.480 e. The number of carboxylic acids is 1. The van der Waals surface area contributed by atoms with Gasteiger partial charge < -0.3 is 20.5 Å². The average molecular weight is 272 g/mol. The molecular weight excluding hydrogens is 248 g/mol. The zero-order chi connectivity index (χ0) is 14.5. The Kier molecular flexibility index (Phi) is 5.60. The van der Waals surface area contributed by atoms with E-state index in [1.807, 2.05) is 20.8 Å². The molecule has 2 atom stereocenters. The fourth-order valence-electron chi connectivity index (χ4n) is 2.18. The van der Waals surface area contributed by atoms with E-state index in [9.17, 15) is 9.59 Å². The summed E-state index contributed by atoms with van der Waals surface area (Å²) < 4.78 is 5.74. The van der Waals surface area contributed by atoms with Gasteiger partial charge in [-0.05, 0) is 33.1 Å². The molecule has 2 amide bonds. The van der Waals surface area contributed by atoms with E-state index in [1.54, 1.807) is 0 Å². The molecule has 6 heteroatoms. The summed E-state index contributed by atoms with van der Waals surface area (Å²) in [5.74, 6) is -1.00. The minimum absolute atomic E-state index is 0.00945. The summed E-state index contributed by atoms with van der Waals surface area (Å²) >= 11 is 0. The second kappa shape index (κ2) is 6.75. The fraction of sp³-hybridized carbons (Fsp3) is 0.846. The molecule has 3 N–H and O–H groups in total. The van der Waals surface area contributed by atoms with Gasteiger partial charge in [-0.1, -0.05) is 13.3 Å². The Balaban J connectivity index is 2.29. The maximum Gasteiger partial charge on any atom is 0.326 e. The maximum absolute atomic E-state index is 11.6. The molecule has 0 aliphatic carbocycles. The Hall–Kier alpha value is -1.30. The summed E-state index contributed by atoms with van der Waals surface area (Å²) in [6.07, 6.45) is 3.02. The van der Waals surface area contributed by atoms with Gasteiger partial charge >= 0.3 is 12.0 Å². The van der Waals surface area contributed by atoms with Crippen LogP contribution in [0.3, 0.4) is 0 Å². The molecule has 1 aliphatic heterocycles. The van der Waals surface area contributed by atoms with Crippen LogP contribution in [0, 0.1) is 0 Å². The summed E-state index contributed by atoms with van der Waals surface area (Å²) in [6, 6.07) is -1.28. The Morgan fingerprint density at radius 1 is 1.47 bits per heavy atom. The van der Waals surface area contributed by atoms with Gasteiger partial charge in [0.05, 0.1) is 11.7 Å². The average Bonchev–Trinajstić information content (AvgIpc) is 2.66. The van der Waals surface area contributed by atoms with Crippen molar-refractivity contribution in [1.82, 2.24) is 10.6 Å². The predicted molar refractivity (Wildman–Crippen MR) is 71.1 cm³/mol. The van der Waals surface area contributed by atoms with Crippen LogP contribution in [0.1, 0.15) is 46.5 Å². The monoisotopic (exact) mass is 272 g/mol. The van der Waals surface area contributed by atoms with Gasteiger partial charge in [-0.15, -0.1) is 0 Å². The lowest BCUT2D eigenvalue weighted by atomic mass is 10.1. The van der Waals surface area contributed by atoms with Crippen molar-refractivity contribution in [2.45, 2.75) is 64.2 Å². The normalized spacial score (nSPS) is 22.8. The van der Waals surface area contributed by atoms with Gasteiger partial charge in [0.25, 0.3) is 0 Å². The van der Waals surface area contributed by atoms with Crippen LogP contribution in [0.4, 0.5) is 4.79 Å². The summed E-state index contributed by atoms with van der Waals surface area (Å²) in [6.45, 7) is 6.33. The van der Waals surface area contributed by atoms with E-state index in [0.717, 1.165) is 12.8 Å². The molecule has 0 aromatic carbocycles. The summed E-state index contributed by atoms with van der Waals surface area (Å²) in [7, 11) is 0. The summed E-state index contributed by atoms with van der Waals surface area (Å²) in [5.41, 5.74) is -0.130. The minimum atomic E-state index is -1.00. The molecule has 0 saturated carbocycles. The molecule has 1 saturated heterocycles. The third kappa shape index (κ3) is 5.46. The van der Waals surface area contributed by atoms with Crippen LogP contribution in [-0.2, 0) is 9.53 Å². The third-order valence-electron chi connectivity index (χ3n) is 3.23. The number of nitrogens with one attached hydrogen (secondary N) is 2. The second-order valence-corrected chi connectivity index (χ2v) is 5.57. The first-order chi connectivity index (χ1) is 8.84. The molecule has 1 heterocycles. The minimum Gasteiger partial charge on any atom is -0.480 e. The number of amides is 2. The highest BCUT2D eigenvalue weighted by Crippen LogP contribution is 2.28. The van der Waals surface area contributed by atoms with Crippen molar-refractivity contribution in [2.75, 3.05) is 6.54 Å². The Morgan fingerprint density at radius 3 is 2.63 bits per heavy atom. The molecule has 0 bridgehead atoms. The number of aliphatic carboxylic acids is 1. The molecule has 0 aromatic rings. The maximum atomic E-state index is 11.6. The Morgan fingerprint density at radius 2 is 2.16 bits per heavy atom. The molecule has 0 radical (unpaired) electrons. The van der Waals surface area contributed by atoms with Gasteiger partial charge in [-0.3, -0.25) is 0 Å². The number of hydrogen-bond donors (Lipinski definition) is 3. The van der Waals surface area contributed by atoms with Crippen molar-refractivity contribution in [3.05, 3.63) is 0 Å². The fourth-order valence-corrected chi connectivity index (χ4v) is 2.18. The smallest absolute Gasteiger partial charge is 0.326 e. The van der Waals surface area contributed by atoms with E-state index in [-0.39, 0.29) is 11.7 Å². The van der Waals surface area contributed by atoms with Crippen LogP contribution >= 0.6 is 0 Å². The summed E-state index contributed by atoms with van der Waals surface area (Å²) in [5, 5.41) is 14.1. The van der Waals surface area contributed by atoms with Gasteiger partial charge in [-0.25, -0.2) is 9.59 Å². The number of carbonyl (C=O) groups excluding carboxylic acids is 1. The summed E-state index contributed by atoms with van der Waals surface area (Å²) in [4.78, 5) is 22.5. The van der Waals surface area contributed by atoms with Gasteiger partial charge in [0.1, 0.15) is 6.04 Å². The highest BCUT2D eigenvalue weighted by molar-refractivity contribution is 5.82. The molecule has 1 rings (SSSR count). The Bertz CT molecular complexity index is 331. The SMILES string of the molecule is CCCC(NC(=O)NCC1CCC(C)(C)O1)C(=O)O. The lowest BCUT2D eigenvalue weighted by Crippen LogP contribution is -2.47. The zero-order valence-corrected chi connectivity index (χ0v) is 11.9. The number of carboxylic acid groups (broad SMARTS) is 1. The molecule has 2 unspecified atom stereocenters. The van der Waals surface area contributed by atoms with Gasteiger partial charge in [0.2, 0.25) is 0 Å². The van der Waals surface area contributed by atoms with Gasteiger partial charge in [0, 0.05) is 6.54 Å². The lowest BCUT2D eigenvalue weighted by molar-refractivity contribution is -0.139. The van der Waals surface area contributed by atoms with Crippen LogP contribution in [0.5, 0.6) is 0 Å². The van der Waals surface area contributed by atoms with Gasteiger partial charge in [-0.2, -0.15) is 0 Å². The number of ether oxygens (including phenoxy) is 1.